The number of hydrogen-bond acceptors (Lipinski definition) is 1. The van der Waals surface area contributed by atoms with Gasteiger partial charge in [0, 0.05) is 5.54 Å². The van der Waals surface area contributed by atoms with Crippen LogP contribution in [0.2, 0.25) is 0 Å². The maximum atomic E-state index is 12.5. The van der Waals surface area contributed by atoms with Gasteiger partial charge in [-0.25, -0.2) is 0 Å². The van der Waals surface area contributed by atoms with Crippen LogP contribution in [-0.2, 0) is 0 Å². The molecule has 0 radical (unpaired) electrons. The molecule has 0 bridgehead atoms. The van der Waals surface area contributed by atoms with Crippen LogP contribution in [-0.4, -0.2) is 11.7 Å². The summed E-state index contributed by atoms with van der Waals surface area (Å²) in [6.45, 7) is 4.25. The van der Waals surface area contributed by atoms with Crippen LogP contribution in [0, 0.1) is 11.8 Å². The van der Waals surface area contributed by atoms with Gasteiger partial charge in [-0.3, -0.25) is 0 Å². The maximum absolute atomic E-state index is 12.5. The van der Waals surface area contributed by atoms with Gasteiger partial charge in [0.25, 0.3) is 0 Å². The minimum atomic E-state index is -4.03. The van der Waals surface area contributed by atoms with Gasteiger partial charge >= 0.3 is 6.18 Å². The van der Waals surface area contributed by atoms with Crippen molar-refractivity contribution in [3.63, 3.8) is 0 Å². The van der Waals surface area contributed by atoms with Gasteiger partial charge in [0.05, 0.1) is 5.92 Å². The van der Waals surface area contributed by atoms with E-state index in [0.29, 0.717) is 18.8 Å². The highest BCUT2D eigenvalue weighted by atomic mass is 19.4. The SMILES string of the molecule is CCC(CC)CC1(N)CCC(C(F)(F)F)CC1. The molecule has 0 aromatic rings. The Kier molecular flexibility index (Phi) is 4.87. The van der Waals surface area contributed by atoms with Crippen LogP contribution in [0.1, 0.15) is 58.8 Å². The van der Waals surface area contributed by atoms with Gasteiger partial charge in [0.1, 0.15) is 0 Å². The molecule has 0 saturated heterocycles. The normalized spacial score (nSPS) is 30.9. The van der Waals surface area contributed by atoms with Gasteiger partial charge in [0.15, 0.2) is 0 Å². The Balaban J connectivity index is 2.49. The van der Waals surface area contributed by atoms with E-state index < -0.39 is 12.1 Å². The number of nitrogens with two attached hydrogens (primary N) is 1. The van der Waals surface area contributed by atoms with Crippen molar-refractivity contribution in [3.8, 4) is 0 Å². The van der Waals surface area contributed by atoms with Crippen molar-refractivity contribution in [2.24, 2.45) is 17.6 Å². The van der Waals surface area contributed by atoms with Crippen molar-refractivity contribution >= 4 is 0 Å². The largest absolute Gasteiger partial charge is 0.391 e. The zero-order valence-electron chi connectivity index (χ0n) is 10.8. The van der Waals surface area contributed by atoms with Gasteiger partial charge in [-0.05, 0) is 38.0 Å². The summed E-state index contributed by atoms with van der Waals surface area (Å²) in [6, 6.07) is 0. The van der Waals surface area contributed by atoms with Crippen molar-refractivity contribution in [1.82, 2.24) is 0 Å². The smallest absolute Gasteiger partial charge is 0.325 e. The van der Waals surface area contributed by atoms with E-state index in [9.17, 15) is 13.2 Å². The summed E-state index contributed by atoms with van der Waals surface area (Å²) in [6.07, 6.45) is 0.443. The van der Waals surface area contributed by atoms with Gasteiger partial charge in [-0.15, -0.1) is 0 Å². The Morgan fingerprint density at radius 1 is 1.18 bits per heavy atom. The van der Waals surface area contributed by atoms with Crippen LogP contribution in [0.5, 0.6) is 0 Å². The summed E-state index contributed by atoms with van der Waals surface area (Å²) in [5.41, 5.74) is 5.90. The molecule has 0 atom stereocenters. The number of alkyl halides is 3. The lowest BCUT2D eigenvalue weighted by molar-refractivity contribution is -0.184. The van der Waals surface area contributed by atoms with Gasteiger partial charge in [-0.1, -0.05) is 26.7 Å². The van der Waals surface area contributed by atoms with Crippen LogP contribution in [0.15, 0.2) is 0 Å². The topological polar surface area (TPSA) is 26.0 Å². The van der Waals surface area contributed by atoms with Crippen LogP contribution < -0.4 is 5.73 Å². The van der Waals surface area contributed by atoms with E-state index in [1.807, 2.05) is 0 Å². The fourth-order valence-corrected chi connectivity index (χ4v) is 2.88. The molecule has 1 aliphatic rings. The molecule has 102 valence electrons. The van der Waals surface area contributed by atoms with Crippen molar-refractivity contribution < 1.29 is 13.2 Å². The van der Waals surface area contributed by atoms with Gasteiger partial charge in [-0.2, -0.15) is 13.2 Å². The second kappa shape index (κ2) is 5.59. The highest BCUT2D eigenvalue weighted by Crippen LogP contribution is 2.42. The van der Waals surface area contributed by atoms with Crippen molar-refractivity contribution in [1.29, 1.82) is 0 Å². The van der Waals surface area contributed by atoms with E-state index in [-0.39, 0.29) is 18.4 Å². The average Bonchev–Trinajstić information content (AvgIpc) is 2.25. The molecule has 2 N–H and O–H groups in total. The van der Waals surface area contributed by atoms with Gasteiger partial charge < -0.3 is 5.73 Å². The highest BCUT2D eigenvalue weighted by molar-refractivity contribution is 4.92. The lowest BCUT2D eigenvalue weighted by Crippen LogP contribution is -2.46. The molecule has 1 saturated carbocycles. The van der Waals surface area contributed by atoms with Crippen molar-refractivity contribution in [3.05, 3.63) is 0 Å². The first-order valence-electron chi connectivity index (χ1n) is 6.66. The molecule has 1 nitrogen and oxygen atoms in total. The second-order valence-corrected chi connectivity index (χ2v) is 5.56. The summed E-state index contributed by atoms with van der Waals surface area (Å²) in [7, 11) is 0. The monoisotopic (exact) mass is 251 g/mol. The summed E-state index contributed by atoms with van der Waals surface area (Å²) < 4.78 is 37.6. The van der Waals surface area contributed by atoms with Crippen LogP contribution >= 0.6 is 0 Å². The van der Waals surface area contributed by atoms with E-state index >= 15 is 0 Å². The molecule has 0 spiro atoms. The van der Waals surface area contributed by atoms with E-state index in [1.54, 1.807) is 0 Å². The van der Waals surface area contributed by atoms with E-state index in [2.05, 4.69) is 13.8 Å². The summed E-state index contributed by atoms with van der Waals surface area (Å²) in [5, 5.41) is 0. The third-order valence-corrected chi connectivity index (χ3v) is 4.29. The fraction of sp³-hybridized carbons (Fsp3) is 1.00. The minimum absolute atomic E-state index is 0.208. The molecule has 0 aromatic heterocycles. The summed E-state index contributed by atoms with van der Waals surface area (Å²) >= 11 is 0. The molecule has 4 heteroatoms. The lowest BCUT2D eigenvalue weighted by Gasteiger charge is -2.39. The van der Waals surface area contributed by atoms with E-state index in [1.165, 1.54) is 0 Å². The first kappa shape index (κ1) is 14.8. The molecule has 17 heavy (non-hydrogen) atoms. The Hall–Kier alpha value is -0.250. The molecule has 0 aliphatic heterocycles. The summed E-state index contributed by atoms with van der Waals surface area (Å²) in [4.78, 5) is 0. The Bertz CT molecular complexity index is 225. The Morgan fingerprint density at radius 2 is 1.65 bits per heavy atom. The molecule has 0 heterocycles. The third kappa shape index (κ3) is 4.16. The second-order valence-electron chi connectivity index (χ2n) is 5.56. The zero-order valence-corrected chi connectivity index (χ0v) is 10.8. The molecule has 0 amide bonds. The number of rotatable bonds is 4. The molecule has 1 rings (SSSR count). The van der Waals surface area contributed by atoms with Gasteiger partial charge in [0.2, 0.25) is 0 Å². The first-order valence-corrected chi connectivity index (χ1v) is 6.66. The first-order chi connectivity index (χ1) is 7.80. The molecule has 0 unspecified atom stereocenters. The molecule has 0 aromatic carbocycles. The molecular weight excluding hydrogens is 227 g/mol. The lowest BCUT2D eigenvalue weighted by atomic mass is 9.72. The quantitative estimate of drug-likeness (QED) is 0.793. The predicted molar refractivity (Wildman–Crippen MR) is 63.6 cm³/mol. The van der Waals surface area contributed by atoms with Crippen LogP contribution in [0.3, 0.4) is 0 Å². The predicted octanol–water partition coefficient (Wildman–Crippen LogP) is 4.26. The Morgan fingerprint density at radius 3 is 2.00 bits per heavy atom. The third-order valence-electron chi connectivity index (χ3n) is 4.29. The van der Waals surface area contributed by atoms with Crippen LogP contribution in [0.4, 0.5) is 13.2 Å². The Labute approximate surface area is 102 Å². The van der Waals surface area contributed by atoms with Crippen molar-refractivity contribution in [2.45, 2.75) is 70.5 Å². The average molecular weight is 251 g/mol. The molecule has 1 aliphatic carbocycles. The molecule has 1 fully saturated rings. The van der Waals surface area contributed by atoms with E-state index in [4.69, 9.17) is 5.73 Å². The number of hydrogen-bond donors (Lipinski definition) is 1. The van der Waals surface area contributed by atoms with Crippen molar-refractivity contribution in [2.75, 3.05) is 0 Å². The van der Waals surface area contributed by atoms with E-state index in [0.717, 1.165) is 19.3 Å². The minimum Gasteiger partial charge on any atom is -0.325 e. The van der Waals surface area contributed by atoms with Crippen LogP contribution in [0.25, 0.3) is 0 Å². The fourth-order valence-electron chi connectivity index (χ4n) is 2.88. The standard InChI is InChI=1S/C13H24F3N/c1-3-10(4-2)9-12(17)7-5-11(6-8-12)13(14,15)16/h10-11H,3-9,17H2,1-2H3. The zero-order chi connectivity index (χ0) is 13.1. The highest BCUT2D eigenvalue weighted by Gasteiger charge is 2.44. The number of halogens is 3. The summed E-state index contributed by atoms with van der Waals surface area (Å²) in [5.74, 6) is -0.566. The molecular formula is C13H24F3N. The maximum Gasteiger partial charge on any atom is 0.391 e.